The Morgan fingerprint density at radius 2 is 1.65 bits per heavy atom. The van der Waals surface area contributed by atoms with Gasteiger partial charge in [0.25, 0.3) is 5.91 Å². The summed E-state index contributed by atoms with van der Waals surface area (Å²) in [4.78, 5) is 16.8. The number of rotatable bonds is 7. The van der Waals surface area contributed by atoms with Gasteiger partial charge in [-0.25, -0.2) is 4.39 Å². The first-order chi connectivity index (χ1) is 15.0. The maximum Gasteiger partial charge on any atom is 0.270 e. The number of pyridine rings is 1. The van der Waals surface area contributed by atoms with Crippen molar-refractivity contribution in [2.75, 3.05) is 33.2 Å². The summed E-state index contributed by atoms with van der Waals surface area (Å²) in [6, 6.07) is 17.1. The number of carbonyl (C=O) groups is 1. The molecule has 160 valence electrons. The van der Waals surface area contributed by atoms with Crippen LogP contribution >= 0.6 is 0 Å². The molecule has 0 aliphatic carbocycles. The summed E-state index contributed by atoms with van der Waals surface area (Å²) in [5, 5.41) is 3.01. The van der Waals surface area contributed by atoms with Crippen molar-refractivity contribution < 1.29 is 18.4 Å². The Kier molecular flexibility index (Phi) is 6.28. The van der Waals surface area contributed by atoms with Crippen LogP contribution < -0.4 is 10.1 Å². The van der Waals surface area contributed by atoms with Gasteiger partial charge in [-0.05, 0) is 59.7 Å². The Morgan fingerprint density at radius 3 is 2.32 bits per heavy atom. The van der Waals surface area contributed by atoms with Crippen molar-refractivity contribution in [3.05, 3.63) is 78.4 Å². The lowest BCUT2D eigenvalue weighted by atomic mass is 10.1. The van der Waals surface area contributed by atoms with Crippen LogP contribution in [-0.2, 0) is 0 Å². The highest BCUT2D eigenvalue weighted by Crippen LogP contribution is 2.26. The molecule has 6 heteroatoms. The summed E-state index contributed by atoms with van der Waals surface area (Å²) in [7, 11) is 2.25. The van der Waals surface area contributed by atoms with Crippen molar-refractivity contribution in [2.45, 2.75) is 12.8 Å². The number of nitrogens with one attached hydrogen (secondary N) is 1. The Morgan fingerprint density at radius 1 is 1.00 bits per heavy atom. The van der Waals surface area contributed by atoms with Crippen LogP contribution in [0.4, 0.5) is 4.39 Å². The maximum atomic E-state index is 13.0. The molecule has 0 unspecified atom stereocenters. The quantitative estimate of drug-likeness (QED) is 0.566. The van der Waals surface area contributed by atoms with E-state index in [4.69, 9.17) is 4.74 Å². The summed E-state index contributed by atoms with van der Waals surface area (Å²) >= 11 is 0. The first-order valence-electron chi connectivity index (χ1n) is 10.6. The summed E-state index contributed by atoms with van der Waals surface area (Å²) in [6.45, 7) is 3.96. The Bertz CT molecular complexity index is 1030. The Balaban J connectivity index is 1.38. The molecule has 1 amide bonds. The summed E-state index contributed by atoms with van der Waals surface area (Å²) in [6.07, 6.45) is 4.19. The monoisotopic (exact) mass is 420 g/mol. The third kappa shape index (κ3) is 5.47. The molecule has 5 nitrogen and oxygen atoms in total. The zero-order valence-corrected chi connectivity index (χ0v) is 17.7. The van der Waals surface area contributed by atoms with Gasteiger partial charge in [0, 0.05) is 19.0 Å². The largest absolute Gasteiger partial charge is 0.457 e. The molecule has 4 rings (SSSR count). The van der Waals surface area contributed by atoms with Gasteiger partial charge < -0.3 is 14.5 Å². The van der Waals surface area contributed by atoms with Crippen molar-refractivity contribution in [1.29, 1.82) is 0 Å². The number of quaternary nitrogens is 1. The van der Waals surface area contributed by atoms with Crippen molar-refractivity contribution in [1.82, 2.24) is 10.3 Å². The number of likely N-dealkylation sites (N-methyl/N-ethyl adjacent to an activating group) is 1. The van der Waals surface area contributed by atoms with Crippen LogP contribution in [0.3, 0.4) is 0 Å². The van der Waals surface area contributed by atoms with Gasteiger partial charge in [0.15, 0.2) is 0 Å². The smallest absolute Gasteiger partial charge is 0.270 e. The fourth-order valence-electron chi connectivity index (χ4n) is 3.94. The van der Waals surface area contributed by atoms with Crippen LogP contribution in [0, 0.1) is 5.82 Å². The highest BCUT2D eigenvalue weighted by molar-refractivity contribution is 5.93. The maximum absolute atomic E-state index is 13.0. The highest BCUT2D eigenvalue weighted by atomic mass is 19.1. The van der Waals surface area contributed by atoms with Crippen LogP contribution in [-0.4, -0.2) is 48.6 Å². The van der Waals surface area contributed by atoms with E-state index < -0.39 is 0 Å². The van der Waals surface area contributed by atoms with Gasteiger partial charge in [-0.15, -0.1) is 0 Å². The molecule has 0 bridgehead atoms. The number of carbonyl (C=O) groups excluding carboxylic acids is 1. The van der Waals surface area contributed by atoms with Crippen molar-refractivity contribution in [3.63, 3.8) is 0 Å². The zero-order chi connectivity index (χ0) is 21.7. The summed E-state index contributed by atoms with van der Waals surface area (Å²) < 4.78 is 19.8. The summed E-state index contributed by atoms with van der Waals surface area (Å²) in [5.74, 6) is 0.777. The predicted molar refractivity (Wildman–Crippen MR) is 118 cm³/mol. The topological polar surface area (TPSA) is 51.2 Å². The van der Waals surface area contributed by atoms with E-state index in [0.29, 0.717) is 23.7 Å². The number of hydrogen-bond acceptors (Lipinski definition) is 3. The Labute approximate surface area is 182 Å². The molecule has 0 atom stereocenters. The predicted octanol–water partition coefficient (Wildman–Crippen LogP) is 4.65. The number of hydrogen-bond donors (Lipinski definition) is 1. The molecule has 3 aromatic rings. The first-order valence-corrected chi connectivity index (χ1v) is 10.6. The molecule has 1 N–H and O–H groups in total. The fourth-order valence-corrected chi connectivity index (χ4v) is 3.94. The molecule has 1 aromatic heterocycles. The molecule has 2 heterocycles. The highest BCUT2D eigenvalue weighted by Gasteiger charge is 2.26. The molecular weight excluding hydrogens is 393 g/mol. The third-order valence-corrected chi connectivity index (χ3v) is 5.81. The lowest BCUT2D eigenvalue weighted by molar-refractivity contribution is -0.896. The van der Waals surface area contributed by atoms with E-state index >= 15 is 0 Å². The van der Waals surface area contributed by atoms with E-state index in [1.54, 1.807) is 24.4 Å². The second-order valence-corrected chi connectivity index (χ2v) is 8.26. The van der Waals surface area contributed by atoms with Crippen LogP contribution in [0.5, 0.6) is 11.5 Å². The van der Waals surface area contributed by atoms with Crippen molar-refractivity contribution in [2.24, 2.45) is 0 Å². The van der Waals surface area contributed by atoms with Gasteiger partial charge in [-0.3, -0.25) is 9.78 Å². The van der Waals surface area contributed by atoms with Crippen molar-refractivity contribution in [3.8, 4) is 22.6 Å². The van der Waals surface area contributed by atoms with Gasteiger partial charge in [-0.2, -0.15) is 0 Å². The van der Waals surface area contributed by atoms with Gasteiger partial charge in [0.05, 0.1) is 33.2 Å². The lowest BCUT2D eigenvalue weighted by Crippen LogP contribution is -2.46. The van der Waals surface area contributed by atoms with Gasteiger partial charge in [-0.1, -0.05) is 12.1 Å². The van der Waals surface area contributed by atoms with Gasteiger partial charge in [0.1, 0.15) is 23.0 Å². The van der Waals surface area contributed by atoms with Crippen molar-refractivity contribution >= 4 is 5.91 Å². The number of halogens is 1. The molecule has 1 saturated heterocycles. The minimum atomic E-state index is -0.299. The molecule has 31 heavy (non-hydrogen) atoms. The number of aromatic nitrogens is 1. The van der Waals surface area contributed by atoms with E-state index in [2.05, 4.69) is 17.3 Å². The van der Waals surface area contributed by atoms with Crippen LogP contribution in [0.2, 0.25) is 0 Å². The van der Waals surface area contributed by atoms with Crippen LogP contribution in [0.25, 0.3) is 11.1 Å². The molecule has 2 aromatic carbocycles. The van der Waals surface area contributed by atoms with Crippen LogP contribution in [0.15, 0.2) is 66.9 Å². The average Bonchev–Trinajstić information content (AvgIpc) is 3.22. The van der Waals surface area contributed by atoms with E-state index in [1.807, 2.05) is 30.3 Å². The molecule has 1 aliphatic rings. The van der Waals surface area contributed by atoms with Gasteiger partial charge >= 0.3 is 0 Å². The number of ether oxygens (including phenoxy) is 1. The summed E-state index contributed by atoms with van der Waals surface area (Å²) in [5.41, 5.74) is 2.28. The van der Waals surface area contributed by atoms with E-state index in [0.717, 1.165) is 22.2 Å². The number of amides is 1. The minimum Gasteiger partial charge on any atom is -0.457 e. The van der Waals surface area contributed by atoms with E-state index in [-0.39, 0.29) is 11.7 Å². The third-order valence-electron chi connectivity index (χ3n) is 5.81. The fraction of sp³-hybridized carbons (Fsp3) is 0.280. The van der Waals surface area contributed by atoms with Gasteiger partial charge in [0.2, 0.25) is 0 Å². The lowest BCUT2D eigenvalue weighted by Gasteiger charge is -2.29. The number of nitrogens with zero attached hydrogens (tertiary/aromatic N) is 2. The average molecular weight is 421 g/mol. The first kappa shape index (κ1) is 21.0. The minimum absolute atomic E-state index is 0.149. The second kappa shape index (κ2) is 9.27. The number of benzene rings is 2. The second-order valence-electron chi connectivity index (χ2n) is 8.26. The van der Waals surface area contributed by atoms with E-state index in [1.165, 1.54) is 38.1 Å². The molecular formula is C25H27FN3O2+. The normalized spacial score (nSPS) is 14.9. The molecule has 0 spiro atoms. The SMILES string of the molecule is C[N+]1(CCNC(=O)c2cc(-c3ccc(Oc4ccc(F)cc4)cc3)ccn2)CCCC1. The molecule has 1 aliphatic heterocycles. The molecule has 0 radical (unpaired) electrons. The van der Waals surface area contributed by atoms with Crippen LogP contribution in [0.1, 0.15) is 23.3 Å². The Hall–Kier alpha value is -3.25. The molecule has 0 saturated carbocycles. The standard InChI is InChI=1S/C25H26FN3O2/c1-29(15-2-3-16-29)17-14-28-25(30)24-18-20(12-13-27-24)19-4-8-22(9-5-19)31-23-10-6-21(26)7-11-23/h4-13,18H,2-3,14-17H2,1H3/p+1. The zero-order valence-electron chi connectivity index (χ0n) is 17.7. The number of likely N-dealkylation sites (tertiary alicyclic amines) is 1. The molecule has 1 fully saturated rings. The van der Waals surface area contributed by atoms with E-state index in [9.17, 15) is 9.18 Å².